The second-order valence-corrected chi connectivity index (χ2v) is 4.04. The molecule has 1 aromatic carbocycles. The minimum Gasteiger partial charge on any atom is -0.618 e. The molecule has 2 nitrogen and oxygen atoms in total. The Bertz CT molecular complexity index is 472. The molecular weight excluding hydrogens is 253 g/mol. The van der Waals surface area contributed by atoms with E-state index in [1.807, 2.05) is 12.1 Å². The molecule has 0 unspecified atom stereocenters. The lowest BCUT2D eigenvalue weighted by Crippen LogP contribution is -2.26. The van der Waals surface area contributed by atoms with Gasteiger partial charge in [-0.3, -0.25) is 0 Å². The molecule has 66 valence electrons. The number of benzene rings is 1. The fraction of sp³-hybridized carbons (Fsp3) is 0. The molecule has 13 heavy (non-hydrogen) atoms. The Labute approximate surface area is 88.5 Å². The molecule has 0 aliphatic heterocycles. The monoisotopic (exact) mass is 257 g/mol. The summed E-state index contributed by atoms with van der Waals surface area (Å²) in [4.78, 5) is 0. The standard InChI is InChI=1S/C9H5BrClNO/c10-7-2-1-6-3-8(11)5-12(13)9(6)4-7/h1-5H. The van der Waals surface area contributed by atoms with Crippen LogP contribution in [0.4, 0.5) is 0 Å². The molecule has 1 heterocycles. The molecule has 4 heteroatoms. The molecule has 2 aromatic rings. The van der Waals surface area contributed by atoms with Gasteiger partial charge in [0, 0.05) is 15.9 Å². The first-order valence-electron chi connectivity index (χ1n) is 3.65. The molecule has 0 fully saturated rings. The fourth-order valence-electron chi connectivity index (χ4n) is 1.20. The highest BCUT2D eigenvalue weighted by Gasteiger charge is 2.05. The lowest BCUT2D eigenvalue weighted by Gasteiger charge is -2.01. The third-order valence-corrected chi connectivity index (χ3v) is 2.46. The summed E-state index contributed by atoms with van der Waals surface area (Å²) in [6, 6.07) is 7.24. The molecule has 0 aliphatic carbocycles. The second kappa shape index (κ2) is 3.16. The van der Waals surface area contributed by atoms with Crippen molar-refractivity contribution in [3.8, 4) is 0 Å². The minimum atomic E-state index is 0.449. The van der Waals surface area contributed by atoms with E-state index in [1.165, 1.54) is 6.20 Å². The van der Waals surface area contributed by atoms with Crippen molar-refractivity contribution >= 4 is 38.4 Å². The molecule has 1 aromatic heterocycles. The maximum absolute atomic E-state index is 11.4. The largest absolute Gasteiger partial charge is 0.618 e. The predicted octanol–water partition coefficient (Wildman–Crippen LogP) is 2.89. The van der Waals surface area contributed by atoms with Gasteiger partial charge in [0.15, 0.2) is 6.20 Å². The molecule has 0 saturated carbocycles. The van der Waals surface area contributed by atoms with Gasteiger partial charge in [-0.2, -0.15) is 4.73 Å². The van der Waals surface area contributed by atoms with Crippen molar-refractivity contribution in [1.82, 2.24) is 0 Å². The van der Waals surface area contributed by atoms with Crippen molar-refractivity contribution < 1.29 is 4.73 Å². The van der Waals surface area contributed by atoms with Crippen LogP contribution in [0.25, 0.3) is 10.9 Å². The van der Waals surface area contributed by atoms with Gasteiger partial charge < -0.3 is 5.21 Å². The van der Waals surface area contributed by atoms with Gasteiger partial charge in [0.1, 0.15) is 5.02 Å². The van der Waals surface area contributed by atoms with Gasteiger partial charge in [-0.05, 0) is 18.2 Å². The fourth-order valence-corrected chi connectivity index (χ4v) is 1.75. The lowest BCUT2D eigenvalue weighted by molar-refractivity contribution is -0.576. The number of rotatable bonds is 0. The summed E-state index contributed by atoms with van der Waals surface area (Å²) in [5.41, 5.74) is 0.610. The highest BCUT2D eigenvalue weighted by atomic mass is 79.9. The zero-order chi connectivity index (χ0) is 9.42. The molecule has 2 rings (SSSR count). The summed E-state index contributed by atoms with van der Waals surface area (Å²) >= 11 is 9.03. The number of hydrogen-bond acceptors (Lipinski definition) is 1. The molecule has 0 spiro atoms. The van der Waals surface area contributed by atoms with E-state index in [9.17, 15) is 5.21 Å². The highest BCUT2D eigenvalue weighted by molar-refractivity contribution is 9.10. The topological polar surface area (TPSA) is 26.9 Å². The first-order valence-corrected chi connectivity index (χ1v) is 4.82. The summed E-state index contributed by atoms with van der Waals surface area (Å²) in [6.07, 6.45) is 1.34. The molecular formula is C9H5BrClNO. The van der Waals surface area contributed by atoms with E-state index in [4.69, 9.17) is 11.6 Å². The van der Waals surface area contributed by atoms with E-state index >= 15 is 0 Å². The lowest BCUT2D eigenvalue weighted by atomic mass is 10.2. The van der Waals surface area contributed by atoms with Crippen molar-refractivity contribution in [1.29, 1.82) is 0 Å². The summed E-state index contributed by atoms with van der Waals surface area (Å²) < 4.78 is 1.65. The maximum Gasteiger partial charge on any atom is 0.224 e. The van der Waals surface area contributed by atoms with Crippen molar-refractivity contribution in [3.05, 3.63) is 45.2 Å². The summed E-state index contributed by atoms with van der Waals surface area (Å²) in [5, 5.41) is 12.7. The van der Waals surface area contributed by atoms with Crippen molar-refractivity contribution in [2.24, 2.45) is 0 Å². The number of halogens is 2. The van der Waals surface area contributed by atoms with Gasteiger partial charge in [0.05, 0.1) is 0 Å². The number of nitrogens with zero attached hydrogens (tertiary/aromatic N) is 1. The van der Waals surface area contributed by atoms with E-state index < -0.39 is 0 Å². The van der Waals surface area contributed by atoms with Gasteiger partial charge in [-0.25, -0.2) is 0 Å². The van der Waals surface area contributed by atoms with Crippen LogP contribution in [0.3, 0.4) is 0 Å². The van der Waals surface area contributed by atoms with E-state index in [2.05, 4.69) is 15.9 Å². The quantitative estimate of drug-likeness (QED) is 0.527. The normalized spacial score (nSPS) is 10.6. The van der Waals surface area contributed by atoms with Gasteiger partial charge in [0.25, 0.3) is 0 Å². The average molecular weight is 259 g/mol. The Morgan fingerprint density at radius 3 is 2.85 bits per heavy atom. The molecule has 0 radical (unpaired) electrons. The Hall–Kier alpha value is -0.800. The summed E-state index contributed by atoms with van der Waals surface area (Å²) in [6.45, 7) is 0. The third kappa shape index (κ3) is 1.62. The van der Waals surface area contributed by atoms with Crippen LogP contribution >= 0.6 is 27.5 Å². The van der Waals surface area contributed by atoms with Gasteiger partial charge in [-0.15, -0.1) is 0 Å². The zero-order valence-electron chi connectivity index (χ0n) is 6.50. The van der Waals surface area contributed by atoms with E-state index in [1.54, 1.807) is 12.1 Å². The van der Waals surface area contributed by atoms with Crippen LogP contribution in [0, 0.1) is 5.21 Å². The molecule has 0 aliphatic rings. The number of hydrogen-bond donors (Lipinski definition) is 0. The van der Waals surface area contributed by atoms with Crippen LogP contribution in [-0.4, -0.2) is 0 Å². The van der Waals surface area contributed by atoms with Crippen molar-refractivity contribution in [2.75, 3.05) is 0 Å². The van der Waals surface area contributed by atoms with Crippen LogP contribution in [0.1, 0.15) is 0 Å². The SMILES string of the molecule is [O-][n+]1cc(Cl)cc2ccc(Br)cc21. The molecule has 0 amide bonds. The second-order valence-electron chi connectivity index (χ2n) is 2.69. The van der Waals surface area contributed by atoms with Gasteiger partial charge >= 0.3 is 0 Å². The zero-order valence-corrected chi connectivity index (χ0v) is 8.84. The highest BCUT2D eigenvalue weighted by Crippen LogP contribution is 2.19. The van der Waals surface area contributed by atoms with Crippen LogP contribution in [0.15, 0.2) is 34.9 Å². The Morgan fingerprint density at radius 2 is 2.08 bits per heavy atom. The van der Waals surface area contributed by atoms with Gasteiger partial charge in [-0.1, -0.05) is 27.5 Å². The van der Waals surface area contributed by atoms with Gasteiger partial charge in [0.2, 0.25) is 5.52 Å². The van der Waals surface area contributed by atoms with Crippen molar-refractivity contribution in [3.63, 3.8) is 0 Å². The molecule has 0 saturated heterocycles. The molecule has 0 bridgehead atoms. The summed E-state index contributed by atoms with van der Waals surface area (Å²) in [5.74, 6) is 0. The number of aromatic nitrogens is 1. The molecule has 0 atom stereocenters. The van der Waals surface area contributed by atoms with Crippen LogP contribution in [-0.2, 0) is 0 Å². The Balaban J connectivity index is 2.87. The first-order chi connectivity index (χ1) is 6.16. The number of pyridine rings is 1. The predicted molar refractivity (Wildman–Crippen MR) is 55.6 cm³/mol. The molecule has 0 N–H and O–H groups in total. The Morgan fingerprint density at radius 1 is 1.31 bits per heavy atom. The Kier molecular flexibility index (Phi) is 2.14. The summed E-state index contributed by atoms with van der Waals surface area (Å²) in [7, 11) is 0. The van der Waals surface area contributed by atoms with E-state index in [-0.39, 0.29) is 0 Å². The third-order valence-electron chi connectivity index (χ3n) is 1.76. The van der Waals surface area contributed by atoms with E-state index in [0.29, 0.717) is 10.5 Å². The maximum atomic E-state index is 11.4. The van der Waals surface area contributed by atoms with Crippen molar-refractivity contribution in [2.45, 2.75) is 0 Å². The average Bonchev–Trinajstić information content (AvgIpc) is 2.06. The van der Waals surface area contributed by atoms with Crippen LogP contribution in [0.5, 0.6) is 0 Å². The van der Waals surface area contributed by atoms with E-state index in [0.717, 1.165) is 14.6 Å². The smallest absolute Gasteiger partial charge is 0.224 e. The minimum absolute atomic E-state index is 0.449. The van der Waals surface area contributed by atoms with Crippen LogP contribution in [0.2, 0.25) is 5.02 Å². The van der Waals surface area contributed by atoms with Crippen LogP contribution < -0.4 is 4.73 Å². The first kappa shape index (κ1) is 8.78. The number of fused-ring (bicyclic) bond motifs is 1.